The predicted octanol–water partition coefficient (Wildman–Crippen LogP) is 3.74. The van der Waals surface area contributed by atoms with Gasteiger partial charge in [-0.1, -0.05) is 13.3 Å². The number of pyridine rings is 1. The number of nitrogens with zero attached hydrogens (tertiary/aromatic N) is 2. The number of aliphatic hydroxyl groups is 1. The Kier molecular flexibility index (Phi) is 9.08. The number of piperidine rings is 1. The third-order valence-electron chi connectivity index (χ3n) is 5.58. The van der Waals surface area contributed by atoms with E-state index in [1.54, 1.807) is 13.3 Å². The lowest BCUT2D eigenvalue weighted by molar-refractivity contribution is -0.742. The molecule has 1 aromatic carbocycles. The van der Waals surface area contributed by atoms with Crippen molar-refractivity contribution in [1.29, 1.82) is 0 Å². The summed E-state index contributed by atoms with van der Waals surface area (Å²) in [6.45, 7) is 4.50. The number of methoxy groups -OCH3 is 1. The van der Waals surface area contributed by atoms with E-state index in [0.717, 1.165) is 60.0 Å². The van der Waals surface area contributed by atoms with Gasteiger partial charge in [-0.05, 0) is 80.4 Å². The first kappa shape index (κ1) is 22.8. The molecule has 0 spiro atoms. The van der Waals surface area contributed by atoms with E-state index in [4.69, 9.17) is 20.1 Å². The van der Waals surface area contributed by atoms with Crippen LogP contribution in [-0.2, 0) is 0 Å². The van der Waals surface area contributed by atoms with Gasteiger partial charge >= 0.3 is 0 Å². The summed E-state index contributed by atoms with van der Waals surface area (Å²) >= 11 is 0. The highest BCUT2D eigenvalue weighted by Crippen LogP contribution is 2.33. The molecular formula is C21H31N3O5. The van der Waals surface area contributed by atoms with Crippen molar-refractivity contribution in [1.82, 2.24) is 10.3 Å². The van der Waals surface area contributed by atoms with E-state index in [9.17, 15) is 5.11 Å². The standard InChI is InChI=1S/C21H30N2O2.HNO3/c1-3-4-16-14-22-11-9-15(16)5-8-21(24)18-10-12-23-20-7-6-17(25-2)13-19(18)20;2-1(3)4/h6-7,10,12-13,15-16,21-22,24H,3-5,8-9,11,14H2,1-2H3;(H,2,3,4). The van der Waals surface area contributed by atoms with Crippen molar-refractivity contribution in [2.75, 3.05) is 20.2 Å². The first-order valence-electron chi connectivity index (χ1n) is 10.1. The third kappa shape index (κ3) is 6.83. The number of nitrogens with one attached hydrogen (secondary N) is 1. The molecule has 0 amide bonds. The van der Waals surface area contributed by atoms with Crippen LogP contribution in [0.4, 0.5) is 0 Å². The van der Waals surface area contributed by atoms with Gasteiger partial charge in [0.15, 0.2) is 0 Å². The van der Waals surface area contributed by atoms with Gasteiger partial charge in [0.1, 0.15) is 5.75 Å². The average molecular weight is 405 g/mol. The van der Waals surface area contributed by atoms with Gasteiger partial charge in [-0.25, -0.2) is 0 Å². The average Bonchev–Trinajstić information content (AvgIpc) is 2.72. The van der Waals surface area contributed by atoms with Crippen molar-refractivity contribution in [3.8, 4) is 5.75 Å². The third-order valence-corrected chi connectivity index (χ3v) is 5.58. The van der Waals surface area contributed by atoms with Gasteiger partial charge < -0.3 is 20.4 Å². The van der Waals surface area contributed by atoms with Crippen molar-refractivity contribution in [3.63, 3.8) is 0 Å². The molecule has 1 aliphatic heterocycles. The second-order valence-electron chi connectivity index (χ2n) is 7.42. The fourth-order valence-corrected chi connectivity index (χ4v) is 4.16. The number of rotatable bonds is 7. The van der Waals surface area contributed by atoms with Gasteiger partial charge in [-0.15, -0.1) is 10.1 Å². The molecule has 0 bridgehead atoms. The summed E-state index contributed by atoms with van der Waals surface area (Å²) in [5.41, 5.74) is 1.87. The number of benzene rings is 1. The molecule has 160 valence electrons. The normalized spacial score (nSPS) is 19.8. The first-order valence-corrected chi connectivity index (χ1v) is 10.1. The van der Waals surface area contributed by atoms with Crippen LogP contribution in [0.3, 0.4) is 0 Å². The first-order chi connectivity index (χ1) is 14.0. The highest BCUT2D eigenvalue weighted by Gasteiger charge is 2.25. The van der Waals surface area contributed by atoms with Gasteiger partial charge in [0.25, 0.3) is 5.09 Å². The van der Waals surface area contributed by atoms with Crippen LogP contribution in [0, 0.1) is 22.0 Å². The summed E-state index contributed by atoms with van der Waals surface area (Å²) < 4.78 is 5.34. The van der Waals surface area contributed by atoms with E-state index in [2.05, 4.69) is 17.2 Å². The van der Waals surface area contributed by atoms with E-state index in [1.807, 2.05) is 24.3 Å². The van der Waals surface area contributed by atoms with Gasteiger partial charge in [0.05, 0.1) is 18.7 Å². The molecular weight excluding hydrogens is 374 g/mol. The largest absolute Gasteiger partial charge is 0.497 e. The predicted molar refractivity (Wildman–Crippen MR) is 111 cm³/mol. The lowest BCUT2D eigenvalue weighted by atomic mass is 9.80. The molecule has 1 fully saturated rings. The van der Waals surface area contributed by atoms with Gasteiger partial charge in [0, 0.05) is 11.6 Å². The summed E-state index contributed by atoms with van der Waals surface area (Å²) in [4.78, 5) is 12.8. The fraction of sp³-hybridized carbons (Fsp3) is 0.571. The Morgan fingerprint density at radius 2 is 2.10 bits per heavy atom. The van der Waals surface area contributed by atoms with E-state index in [0.29, 0.717) is 0 Å². The minimum atomic E-state index is -1.50. The number of fused-ring (bicyclic) bond motifs is 1. The smallest absolute Gasteiger partial charge is 0.291 e. The second-order valence-corrected chi connectivity index (χ2v) is 7.42. The molecule has 3 N–H and O–H groups in total. The van der Waals surface area contributed by atoms with Crippen LogP contribution in [0.1, 0.15) is 50.7 Å². The highest BCUT2D eigenvalue weighted by molar-refractivity contribution is 5.83. The molecule has 0 radical (unpaired) electrons. The van der Waals surface area contributed by atoms with Gasteiger partial charge in [-0.2, -0.15) is 0 Å². The molecule has 8 nitrogen and oxygen atoms in total. The molecule has 3 atom stereocenters. The fourth-order valence-electron chi connectivity index (χ4n) is 4.16. The molecule has 29 heavy (non-hydrogen) atoms. The Labute approximate surface area is 171 Å². The zero-order valence-electron chi connectivity index (χ0n) is 17.1. The molecule has 1 saturated heterocycles. The van der Waals surface area contributed by atoms with Crippen LogP contribution in [0.5, 0.6) is 5.75 Å². The van der Waals surface area contributed by atoms with Crippen LogP contribution in [0.25, 0.3) is 10.9 Å². The summed E-state index contributed by atoms with van der Waals surface area (Å²) in [7, 11) is 1.67. The van der Waals surface area contributed by atoms with E-state index in [-0.39, 0.29) is 0 Å². The van der Waals surface area contributed by atoms with Crippen molar-refractivity contribution in [3.05, 3.63) is 46.1 Å². The van der Waals surface area contributed by atoms with Crippen LogP contribution >= 0.6 is 0 Å². The molecule has 2 heterocycles. The minimum Gasteiger partial charge on any atom is -0.497 e. The van der Waals surface area contributed by atoms with Crippen LogP contribution in [0.15, 0.2) is 30.5 Å². The number of aliphatic hydroxyl groups excluding tert-OH is 1. The zero-order valence-corrected chi connectivity index (χ0v) is 17.1. The van der Waals surface area contributed by atoms with Crippen molar-refractivity contribution < 1.29 is 20.1 Å². The SMILES string of the molecule is CCCC1CNCCC1CCC(O)c1ccnc2ccc(OC)cc12.O=[N+]([O-])O. The highest BCUT2D eigenvalue weighted by atomic mass is 16.9. The second kappa shape index (κ2) is 11.5. The lowest BCUT2D eigenvalue weighted by Gasteiger charge is -2.32. The summed E-state index contributed by atoms with van der Waals surface area (Å²) in [6.07, 6.45) is 6.97. The van der Waals surface area contributed by atoms with Crippen LogP contribution in [-0.4, -0.2) is 40.6 Å². The van der Waals surface area contributed by atoms with Crippen molar-refractivity contribution in [2.24, 2.45) is 11.8 Å². The monoisotopic (exact) mass is 405 g/mol. The Hall–Kier alpha value is -2.45. The summed E-state index contributed by atoms with van der Waals surface area (Å²) in [6, 6.07) is 7.79. The van der Waals surface area contributed by atoms with E-state index < -0.39 is 11.2 Å². The molecule has 3 unspecified atom stereocenters. The van der Waals surface area contributed by atoms with Gasteiger partial charge in [-0.3, -0.25) is 4.98 Å². The Bertz CT molecular complexity index is 780. The molecule has 1 aliphatic rings. The maximum absolute atomic E-state index is 10.8. The van der Waals surface area contributed by atoms with E-state index in [1.165, 1.54) is 19.3 Å². The Morgan fingerprint density at radius 3 is 2.79 bits per heavy atom. The number of ether oxygens (including phenoxy) is 1. The van der Waals surface area contributed by atoms with E-state index >= 15 is 0 Å². The Balaban J connectivity index is 0.000000687. The topological polar surface area (TPSA) is 118 Å². The minimum absolute atomic E-state index is 0.449. The van der Waals surface area contributed by atoms with Crippen LogP contribution < -0.4 is 10.1 Å². The van der Waals surface area contributed by atoms with Gasteiger partial charge in [0.2, 0.25) is 0 Å². The summed E-state index contributed by atoms with van der Waals surface area (Å²) in [5, 5.41) is 29.0. The quantitative estimate of drug-likeness (QED) is 0.474. The number of aromatic nitrogens is 1. The number of hydrogen-bond donors (Lipinski definition) is 3. The summed E-state index contributed by atoms with van der Waals surface area (Å²) in [5.74, 6) is 2.27. The lowest BCUT2D eigenvalue weighted by Crippen LogP contribution is -2.36. The molecule has 2 aromatic rings. The zero-order chi connectivity index (χ0) is 21.2. The van der Waals surface area contributed by atoms with Crippen LogP contribution in [0.2, 0.25) is 0 Å². The molecule has 8 heteroatoms. The van der Waals surface area contributed by atoms with Crippen molar-refractivity contribution >= 4 is 10.9 Å². The molecule has 1 aromatic heterocycles. The van der Waals surface area contributed by atoms with Crippen molar-refractivity contribution in [2.45, 2.75) is 45.1 Å². The molecule has 0 aliphatic carbocycles. The number of hydrogen-bond acceptors (Lipinski definition) is 6. The Morgan fingerprint density at radius 1 is 1.34 bits per heavy atom. The molecule has 0 saturated carbocycles. The molecule has 3 rings (SSSR count). The maximum Gasteiger partial charge on any atom is 0.291 e. The maximum atomic E-state index is 10.8.